The number of nitrogens with zero attached hydrogens (tertiary/aromatic N) is 4. The number of hydrogen-bond acceptors (Lipinski definition) is 4. The Morgan fingerprint density at radius 2 is 1.92 bits per heavy atom. The smallest absolute Gasteiger partial charge is 0.191 e. The summed E-state index contributed by atoms with van der Waals surface area (Å²) in [7, 11) is 1.97. The van der Waals surface area contributed by atoms with E-state index in [9.17, 15) is 0 Å². The van der Waals surface area contributed by atoms with Crippen molar-refractivity contribution in [3.63, 3.8) is 0 Å². The first-order chi connectivity index (χ1) is 12.0. The molecule has 0 spiro atoms. The van der Waals surface area contributed by atoms with Crippen molar-refractivity contribution in [3.05, 3.63) is 32.5 Å². The van der Waals surface area contributed by atoms with Crippen molar-refractivity contribution in [2.24, 2.45) is 12.0 Å². The molecule has 2 aromatic heterocycles. The Bertz CT molecular complexity index is 734. The number of guanidine groups is 1. The van der Waals surface area contributed by atoms with E-state index in [0.717, 1.165) is 37.6 Å². The van der Waals surface area contributed by atoms with Crippen molar-refractivity contribution >= 4 is 41.3 Å². The number of halogens is 1. The van der Waals surface area contributed by atoms with Crippen LogP contribution in [-0.4, -0.2) is 33.8 Å². The topological polar surface area (TPSA) is 67.1 Å². The number of nitrogens with one attached hydrogen (secondary N) is 2. The molecule has 0 saturated carbocycles. The zero-order valence-corrected chi connectivity index (χ0v) is 19.8. The Morgan fingerprint density at radius 1 is 1.19 bits per heavy atom. The van der Waals surface area contributed by atoms with Crippen LogP contribution >= 0.6 is 35.3 Å². The molecule has 0 fully saturated rings. The number of hydrogen-bond donors (Lipinski definition) is 2. The van der Waals surface area contributed by atoms with Crippen molar-refractivity contribution in [2.45, 2.75) is 54.0 Å². The molecule has 0 radical (unpaired) electrons. The monoisotopic (exact) mass is 490 g/mol. The Labute approximate surface area is 177 Å². The second-order valence-electron chi connectivity index (χ2n) is 6.11. The van der Waals surface area contributed by atoms with Crippen LogP contribution in [0.25, 0.3) is 0 Å². The second-order valence-corrected chi connectivity index (χ2v) is 7.40. The average Bonchev–Trinajstić information content (AvgIpc) is 3.05. The molecule has 0 amide bonds. The van der Waals surface area contributed by atoms with E-state index in [2.05, 4.69) is 43.4 Å². The summed E-state index contributed by atoms with van der Waals surface area (Å²) in [6.07, 6.45) is 1.92. The van der Waals surface area contributed by atoms with E-state index in [-0.39, 0.29) is 24.0 Å². The molecule has 0 atom stereocenters. The number of thiazole rings is 1. The molecule has 2 N–H and O–H groups in total. The van der Waals surface area contributed by atoms with E-state index in [1.807, 2.05) is 18.7 Å². The van der Waals surface area contributed by atoms with Gasteiger partial charge < -0.3 is 10.6 Å². The van der Waals surface area contributed by atoms with E-state index in [4.69, 9.17) is 9.98 Å². The SMILES string of the molecule is CCNC(=NCc1c(C)nn(C)c1C)NCCc1nc(CC)c(C)s1.I. The van der Waals surface area contributed by atoms with Crippen LogP contribution < -0.4 is 10.6 Å². The van der Waals surface area contributed by atoms with Gasteiger partial charge in [0.1, 0.15) is 0 Å². The molecule has 0 aromatic carbocycles. The highest BCUT2D eigenvalue weighted by molar-refractivity contribution is 14.0. The maximum atomic E-state index is 4.71. The first-order valence-electron chi connectivity index (χ1n) is 8.92. The molecule has 0 aliphatic carbocycles. The number of rotatable bonds is 7. The first-order valence-corrected chi connectivity index (χ1v) is 9.74. The minimum absolute atomic E-state index is 0. The third-order valence-corrected chi connectivity index (χ3v) is 5.37. The minimum atomic E-state index is 0. The van der Waals surface area contributed by atoms with Gasteiger partial charge in [-0.3, -0.25) is 4.68 Å². The summed E-state index contributed by atoms with van der Waals surface area (Å²) >= 11 is 1.80. The summed E-state index contributed by atoms with van der Waals surface area (Å²) in [4.78, 5) is 10.7. The second kappa shape index (κ2) is 10.9. The van der Waals surface area contributed by atoms with Gasteiger partial charge in [0.05, 0.1) is 22.9 Å². The molecule has 0 unspecified atom stereocenters. The van der Waals surface area contributed by atoms with Gasteiger partial charge in [-0.2, -0.15) is 5.10 Å². The van der Waals surface area contributed by atoms with Gasteiger partial charge in [-0.15, -0.1) is 35.3 Å². The Morgan fingerprint density at radius 3 is 2.46 bits per heavy atom. The molecular formula is C18H31IN6S. The molecule has 2 rings (SSSR count). The van der Waals surface area contributed by atoms with Crippen molar-refractivity contribution in [1.82, 2.24) is 25.4 Å². The van der Waals surface area contributed by atoms with E-state index < -0.39 is 0 Å². The van der Waals surface area contributed by atoms with Crippen LogP contribution in [0.4, 0.5) is 0 Å². The highest BCUT2D eigenvalue weighted by Crippen LogP contribution is 2.18. The average molecular weight is 490 g/mol. The lowest BCUT2D eigenvalue weighted by Crippen LogP contribution is -2.38. The summed E-state index contributed by atoms with van der Waals surface area (Å²) < 4.78 is 1.91. The quantitative estimate of drug-likeness (QED) is 0.355. The summed E-state index contributed by atoms with van der Waals surface area (Å²) in [6.45, 7) is 12.8. The van der Waals surface area contributed by atoms with E-state index in [1.165, 1.54) is 26.8 Å². The minimum Gasteiger partial charge on any atom is -0.357 e. The van der Waals surface area contributed by atoms with Crippen molar-refractivity contribution in [1.29, 1.82) is 0 Å². The van der Waals surface area contributed by atoms with Gasteiger partial charge in [0, 0.05) is 42.7 Å². The summed E-state index contributed by atoms with van der Waals surface area (Å²) in [5, 5.41) is 12.4. The van der Waals surface area contributed by atoms with E-state index >= 15 is 0 Å². The molecule has 0 saturated heterocycles. The molecule has 0 aliphatic rings. The third kappa shape index (κ3) is 5.94. The van der Waals surface area contributed by atoms with Gasteiger partial charge in [-0.1, -0.05) is 6.92 Å². The Hall–Kier alpha value is -1.16. The van der Waals surface area contributed by atoms with Crippen LogP contribution in [0.1, 0.15) is 46.4 Å². The van der Waals surface area contributed by atoms with Crippen LogP contribution in [0.15, 0.2) is 4.99 Å². The van der Waals surface area contributed by atoms with Crippen molar-refractivity contribution < 1.29 is 0 Å². The molecular weight excluding hydrogens is 459 g/mol. The van der Waals surface area contributed by atoms with Crippen LogP contribution in [-0.2, 0) is 26.4 Å². The fourth-order valence-electron chi connectivity index (χ4n) is 2.76. The van der Waals surface area contributed by atoms with Gasteiger partial charge in [-0.25, -0.2) is 9.98 Å². The van der Waals surface area contributed by atoms with Crippen LogP contribution in [0.5, 0.6) is 0 Å². The van der Waals surface area contributed by atoms with Gasteiger partial charge in [0.15, 0.2) is 5.96 Å². The number of aryl methyl sites for hydroxylation is 4. The molecule has 26 heavy (non-hydrogen) atoms. The summed E-state index contributed by atoms with van der Waals surface area (Å²) in [5.74, 6) is 0.842. The molecule has 2 heterocycles. The van der Waals surface area contributed by atoms with Crippen molar-refractivity contribution in [2.75, 3.05) is 13.1 Å². The van der Waals surface area contributed by atoms with Gasteiger partial charge in [0.2, 0.25) is 0 Å². The lowest BCUT2D eigenvalue weighted by molar-refractivity contribution is 0.730. The predicted molar refractivity (Wildman–Crippen MR) is 121 cm³/mol. The third-order valence-electron chi connectivity index (χ3n) is 4.30. The fourth-order valence-corrected chi connectivity index (χ4v) is 3.78. The van der Waals surface area contributed by atoms with E-state index in [0.29, 0.717) is 6.54 Å². The van der Waals surface area contributed by atoms with Gasteiger partial charge in [-0.05, 0) is 34.1 Å². The first kappa shape index (κ1) is 22.9. The molecule has 146 valence electrons. The molecule has 6 nitrogen and oxygen atoms in total. The molecule has 0 aliphatic heterocycles. The van der Waals surface area contributed by atoms with Crippen LogP contribution in [0.2, 0.25) is 0 Å². The van der Waals surface area contributed by atoms with Crippen LogP contribution in [0, 0.1) is 20.8 Å². The highest BCUT2D eigenvalue weighted by Gasteiger charge is 2.09. The van der Waals surface area contributed by atoms with Gasteiger partial charge in [0.25, 0.3) is 0 Å². The molecule has 8 heteroatoms. The molecule has 0 bridgehead atoms. The normalized spacial score (nSPS) is 11.4. The van der Waals surface area contributed by atoms with Crippen molar-refractivity contribution in [3.8, 4) is 0 Å². The number of aliphatic imine (C=N–C) groups is 1. The standard InChI is InChI=1S/C18H30N6S.HI/c1-7-16-14(5)25-17(22-16)9-10-20-18(19-8-2)21-11-15-12(3)23-24(6)13(15)4;/h7-11H2,1-6H3,(H2,19,20,21);1H. The highest BCUT2D eigenvalue weighted by atomic mass is 127. The lowest BCUT2D eigenvalue weighted by atomic mass is 10.2. The van der Waals surface area contributed by atoms with Crippen LogP contribution in [0.3, 0.4) is 0 Å². The zero-order valence-electron chi connectivity index (χ0n) is 16.6. The predicted octanol–water partition coefficient (Wildman–Crippen LogP) is 3.28. The Balaban J connectivity index is 0.00000338. The zero-order chi connectivity index (χ0) is 18.4. The largest absolute Gasteiger partial charge is 0.357 e. The molecule has 2 aromatic rings. The fraction of sp³-hybridized carbons (Fsp3) is 0.611. The van der Waals surface area contributed by atoms with E-state index in [1.54, 1.807) is 11.3 Å². The summed E-state index contributed by atoms with van der Waals surface area (Å²) in [6, 6.07) is 0. The van der Waals surface area contributed by atoms with Gasteiger partial charge >= 0.3 is 0 Å². The maximum absolute atomic E-state index is 4.71. The lowest BCUT2D eigenvalue weighted by Gasteiger charge is -2.10. The maximum Gasteiger partial charge on any atom is 0.191 e. The number of aromatic nitrogens is 3. The summed E-state index contributed by atoms with van der Waals surface area (Å²) in [5.41, 5.74) is 4.64. The Kier molecular flexibility index (Phi) is 9.56.